The normalized spacial score (nSPS) is 19.8. The van der Waals surface area contributed by atoms with Gasteiger partial charge in [0.05, 0.1) is 0 Å². The van der Waals surface area contributed by atoms with E-state index in [2.05, 4.69) is 19.2 Å². The van der Waals surface area contributed by atoms with E-state index < -0.39 is 5.97 Å². The molecule has 5 heteroatoms. The molecule has 1 heterocycles. The fourth-order valence-corrected chi connectivity index (χ4v) is 2.32. The summed E-state index contributed by atoms with van der Waals surface area (Å²) in [6.07, 6.45) is 3.80. The number of hydrogen-bond acceptors (Lipinski definition) is 2. The second-order valence-electron chi connectivity index (χ2n) is 5.93. The maximum absolute atomic E-state index is 12.0. The highest BCUT2D eigenvalue weighted by Crippen LogP contribution is 2.33. The van der Waals surface area contributed by atoms with Gasteiger partial charge in [0.1, 0.15) is 0 Å². The summed E-state index contributed by atoms with van der Waals surface area (Å²) in [6, 6.07) is -0.154. The summed E-state index contributed by atoms with van der Waals surface area (Å²) in [7, 11) is 0. The molecule has 1 atom stereocenters. The Morgan fingerprint density at radius 3 is 2.42 bits per heavy atom. The van der Waals surface area contributed by atoms with E-state index in [0.717, 1.165) is 32.4 Å². The van der Waals surface area contributed by atoms with Crippen molar-refractivity contribution >= 4 is 12.0 Å². The summed E-state index contributed by atoms with van der Waals surface area (Å²) < 4.78 is 0. The number of amides is 2. The van der Waals surface area contributed by atoms with Gasteiger partial charge in [-0.1, -0.05) is 20.3 Å². The number of nitrogens with zero attached hydrogens (tertiary/aromatic N) is 1. The second-order valence-corrected chi connectivity index (χ2v) is 5.93. The standard InChI is InChI=1S/C14H26N2O3/c1-4-14(3)7-9-16(10-8-14)13(19)15-11(2)5-6-12(17)18/h11H,4-10H2,1-3H3,(H,15,19)(H,17,18). The van der Waals surface area contributed by atoms with Crippen LogP contribution >= 0.6 is 0 Å². The molecule has 1 aliphatic heterocycles. The van der Waals surface area contributed by atoms with E-state index in [1.54, 1.807) is 0 Å². The molecule has 1 fully saturated rings. The van der Waals surface area contributed by atoms with Gasteiger partial charge in [-0.15, -0.1) is 0 Å². The third-order valence-electron chi connectivity index (χ3n) is 4.27. The highest BCUT2D eigenvalue weighted by molar-refractivity contribution is 5.74. The number of aliphatic carboxylic acids is 1. The zero-order chi connectivity index (χ0) is 14.5. The molecule has 1 rings (SSSR count). The predicted octanol–water partition coefficient (Wildman–Crippen LogP) is 2.46. The first-order valence-corrected chi connectivity index (χ1v) is 7.13. The fourth-order valence-electron chi connectivity index (χ4n) is 2.32. The van der Waals surface area contributed by atoms with Crippen molar-refractivity contribution in [1.29, 1.82) is 0 Å². The van der Waals surface area contributed by atoms with Gasteiger partial charge >= 0.3 is 12.0 Å². The molecule has 5 nitrogen and oxygen atoms in total. The SMILES string of the molecule is CCC1(C)CCN(C(=O)NC(C)CCC(=O)O)CC1. The molecule has 0 saturated carbocycles. The summed E-state index contributed by atoms with van der Waals surface area (Å²) in [6.45, 7) is 7.91. The minimum atomic E-state index is -0.821. The first-order chi connectivity index (χ1) is 8.86. The van der Waals surface area contributed by atoms with Gasteiger partial charge in [0.2, 0.25) is 0 Å². The Morgan fingerprint density at radius 1 is 1.37 bits per heavy atom. The number of piperidine rings is 1. The Balaban J connectivity index is 2.33. The van der Waals surface area contributed by atoms with Gasteiger partial charge in [-0.05, 0) is 31.6 Å². The number of hydrogen-bond donors (Lipinski definition) is 2. The van der Waals surface area contributed by atoms with Crippen LogP contribution in [0.25, 0.3) is 0 Å². The van der Waals surface area contributed by atoms with Gasteiger partial charge in [0.25, 0.3) is 0 Å². The lowest BCUT2D eigenvalue weighted by atomic mass is 9.78. The maximum Gasteiger partial charge on any atom is 0.317 e. The third-order valence-corrected chi connectivity index (χ3v) is 4.27. The summed E-state index contributed by atoms with van der Waals surface area (Å²) in [5, 5.41) is 11.5. The molecule has 110 valence electrons. The molecule has 19 heavy (non-hydrogen) atoms. The molecule has 0 spiro atoms. The molecule has 2 amide bonds. The van der Waals surface area contributed by atoms with E-state index in [1.165, 1.54) is 0 Å². The van der Waals surface area contributed by atoms with Crippen LogP contribution in [-0.2, 0) is 4.79 Å². The van der Waals surface area contributed by atoms with E-state index in [4.69, 9.17) is 5.11 Å². The van der Waals surface area contributed by atoms with Crippen molar-refractivity contribution < 1.29 is 14.7 Å². The van der Waals surface area contributed by atoms with Gasteiger partial charge in [0.15, 0.2) is 0 Å². The number of nitrogens with one attached hydrogen (secondary N) is 1. The Hall–Kier alpha value is -1.26. The summed E-state index contributed by atoms with van der Waals surface area (Å²) in [5.74, 6) is -0.821. The number of likely N-dealkylation sites (tertiary alicyclic amines) is 1. The first kappa shape index (κ1) is 15.8. The zero-order valence-electron chi connectivity index (χ0n) is 12.2. The number of urea groups is 1. The van der Waals surface area contributed by atoms with Crippen LogP contribution in [0.2, 0.25) is 0 Å². The van der Waals surface area contributed by atoms with Crippen molar-refractivity contribution in [3.05, 3.63) is 0 Å². The van der Waals surface area contributed by atoms with Gasteiger partial charge in [-0.25, -0.2) is 4.79 Å². The van der Waals surface area contributed by atoms with Gasteiger partial charge < -0.3 is 15.3 Å². The van der Waals surface area contributed by atoms with Gasteiger partial charge in [-0.2, -0.15) is 0 Å². The minimum absolute atomic E-state index is 0.0592. The monoisotopic (exact) mass is 270 g/mol. The average Bonchev–Trinajstić information content (AvgIpc) is 2.37. The lowest BCUT2D eigenvalue weighted by molar-refractivity contribution is -0.137. The van der Waals surface area contributed by atoms with Crippen LogP contribution < -0.4 is 5.32 Å². The van der Waals surface area contributed by atoms with Crippen molar-refractivity contribution in [2.75, 3.05) is 13.1 Å². The molecule has 0 aliphatic carbocycles. The number of carbonyl (C=O) groups is 2. The summed E-state index contributed by atoms with van der Waals surface area (Å²) in [5.41, 5.74) is 0.367. The quantitative estimate of drug-likeness (QED) is 0.806. The molecule has 1 saturated heterocycles. The topological polar surface area (TPSA) is 69.6 Å². The number of rotatable bonds is 5. The Labute approximate surface area is 115 Å². The van der Waals surface area contributed by atoms with E-state index >= 15 is 0 Å². The third kappa shape index (κ3) is 5.09. The molecule has 0 aromatic heterocycles. The summed E-state index contributed by atoms with van der Waals surface area (Å²) >= 11 is 0. The van der Waals surface area contributed by atoms with Crippen molar-refractivity contribution in [2.45, 2.75) is 58.9 Å². The number of carboxylic acids is 1. The lowest BCUT2D eigenvalue weighted by Gasteiger charge is -2.39. The van der Waals surface area contributed by atoms with Crippen LogP contribution in [0.15, 0.2) is 0 Å². The average molecular weight is 270 g/mol. The van der Waals surface area contributed by atoms with Crippen LogP contribution in [0.4, 0.5) is 4.79 Å². The highest BCUT2D eigenvalue weighted by Gasteiger charge is 2.30. The van der Waals surface area contributed by atoms with Gasteiger partial charge in [0, 0.05) is 25.6 Å². The van der Waals surface area contributed by atoms with E-state index in [-0.39, 0.29) is 18.5 Å². The lowest BCUT2D eigenvalue weighted by Crippen LogP contribution is -2.48. The van der Waals surface area contributed by atoms with Gasteiger partial charge in [-0.3, -0.25) is 4.79 Å². The molecule has 0 aromatic carbocycles. The number of carboxylic acid groups (broad SMARTS) is 1. The Kier molecular flexibility index (Phi) is 5.63. The van der Waals surface area contributed by atoms with Crippen LogP contribution in [-0.4, -0.2) is 41.1 Å². The van der Waals surface area contributed by atoms with Crippen LogP contribution in [0.1, 0.15) is 52.9 Å². The molecule has 1 aliphatic rings. The highest BCUT2D eigenvalue weighted by atomic mass is 16.4. The van der Waals surface area contributed by atoms with Crippen molar-refractivity contribution in [2.24, 2.45) is 5.41 Å². The maximum atomic E-state index is 12.0. The van der Waals surface area contributed by atoms with Crippen LogP contribution in [0.5, 0.6) is 0 Å². The molecule has 1 unspecified atom stereocenters. The van der Waals surface area contributed by atoms with E-state index in [9.17, 15) is 9.59 Å². The van der Waals surface area contributed by atoms with Crippen molar-refractivity contribution in [1.82, 2.24) is 10.2 Å². The van der Waals surface area contributed by atoms with Crippen molar-refractivity contribution in [3.63, 3.8) is 0 Å². The smallest absolute Gasteiger partial charge is 0.317 e. The number of carbonyl (C=O) groups excluding carboxylic acids is 1. The molecule has 2 N–H and O–H groups in total. The predicted molar refractivity (Wildman–Crippen MR) is 74.1 cm³/mol. The largest absolute Gasteiger partial charge is 0.481 e. The van der Waals surface area contributed by atoms with Crippen LogP contribution in [0.3, 0.4) is 0 Å². The molecule has 0 aromatic rings. The second kappa shape index (κ2) is 6.78. The molecular weight excluding hydrogens is 244 g/mol. The molecule has 0 radical (unpaired) electrons. The van der Waals surface area contributed by atoms with E-state index in [0.29, 0.717) is 11.8 Å². The first-order valence-electron chi connectivity index (χ1n) is 7.13. The molecular formula is C14H26N2O3. The summed E-state index contributed by atoms with van der Waals surface area (Å²) in [4.78, 5) is 24.3. The molecule has 0 bridgehead atoms. The van der Waals surface area contributed by atoms with E-state index in [1.807, 2.05) is 11.8 Å². The minimum Gasteiger partial charge on any atom is -0.481 e. The Bertz CT molecular complexity index is 323. The Morgan fingerprint density at radius 2 is 1.95 bits per heavy atom. The fraction of sp³-hybridized carbons (Fsp3) is 0.857. The van der Waals surface area contributed by atoms with Crippen LogP contribution in [0, 0.1) is 5.41 Å². The van der Waals surface area contributed by atoms with Crippen molar-refractivity contribution in [3.8, 4) is 0 Å². The zero-order valence-corrected chi connectivity index (χ0v) is 12.2.